The van der Waals surface area contributed by atoms with E-state index in [9.17, 15) is 4.79 Å². The Kier molecular flexibility index (Phi) is 5.50. The van der Waals surface area contributed by atoms with Crippen molar-refractivity contribution in [3.8, 4) is 11.5 Å². The van der Waals surface area contributed by atoms with Gasteiger partial charge >= 0.3 is 0 Å². The molecule has 0 unspecified atom stereocenters. The number of hydrogen-bond donors (Lipinski definition) is 0. The number of ether oxygens (including phenoxy) is 2. The fraction of sp³-hybridized carbons (Fsp3) is 0.259. The van der Waals surface area contributed by atoms with E-state index in [0.717, 1.165) is 22.5 Å². The molecule has 1 aliphatic heterocycles. The van der Waals surface area contributed by atoms with Gasteiger partial charge in [-0.2, -0.15) is 0 Å². The van der Waals surface area contributed by atoms with Crippen molar-refractivity contribution in [1.29, 1.82) is 0 Å². The predicted molar refractivity (Wildman–Crippen MR) is 129 cm³/mol. The number of carbonyl (C=O) groups is 1. The standard InChI is InChI=1S/C27H27N3O3/c1-18(19-9-5-4-6-10-19)30-23-12-8-7-11-22(23)28-27(30)20-15-26(31)29(17-20)24-16-21(32-2)13-14-25(24)33-3/h4-14,16,18,20H,15,17H2,1-3H3/t18-,20-/m1/s1. The first-order valence-electron chi connectivity index (χ1n) is 11.1. The van der Waals surface area contributed by atoms with Crippen LogP contribution in [0.15, 0.2) is 72.8 Å². The summed E-state index contributed by atoms with van der Waals surface area (Å²) < 4.78 is 13.2. The number of carbonyl (C=O) groups excluding carboxylic acids is 1. The maximum atomic E-state index is 13.2. The van der Waals surface area contributed by atoms with Crippen molar-refractivity contribution in [1.82, 2.24) is 9.55 Å². The van der Waals surface area contributed by atoms with Gasteiger partial charge < -0.3 is 18.9 Å². The Morgan fingerprint density at radius 1 is 0.970 bits per heavy atom. The zero-order valence-corrected chi connectivity index (χ0v) is 19.1. The van der Waals surface area contributed by atoms with Gasteiger partial charge in [0.25, 0.3) is 0 Å². The highest BCUT2D eigenvalue weighted by Crippen LogP contribution is 2.40. The maximum absolute atomic E-state index is 13.2. The lowest BCUT2D eigenvalue weighted by atomic mass is 10.0. The summed E-state index contributed by atoms with van der Waals surface area (Å²) in [5.74, 6) is 2.29. The molecule has 0 bridgehead atoms. The van der Waals surface area contributed by atoms with Crippen LogP contribution in [-0.2, 0) is 4.79 Å². The van der Waals surface area contributed by atoms with Gasteiger partial charge in [-0.1, -0.05) is 42.5 Å². The molecule has 0 radical (unpaired) electrons. The van der Waals surface area contributed by atoms with Crippen LogP contribution in [0.2, 0.25) is 0 Å². The molecule has 1 aliphatic rings. The lowest BCUT2D eigenvalue weighted by molar-refractivity contribution is -0.117. The van der Waals surface area contributed by atoms with Gasteiger partial charge in [0.15, 0.2) is 0 Å². The minimum Gasteiger partial charge on any atom is -0.497 e. The number of aromatic nitrogens is 2. The zero-order chi connectivity index (χ0) is 22.9. The lowest BCUT2D eigenvalue weighted by Gasteiger charge is -2.22. The molecule has 6 heteroatoms. The van der Waals surface area contributed by atoms with E-state index in [0.29, 0.717) is 24.5 Å². The van der Waals surface area contributed by atoms with Crippen molar-refractivity contribution in [3.05, 3.63) is 84.2 Å². The van der Waals surface area contributed by atoms with Crippen LogP contribution < -0.4 is 14.4 Å². The van der Waals surface area contributed by atoms with Gasteiger partial charge in [-0.3, -0.25) is 4.79 Å². The summed E-state index contributed by atoms with van der Waals surface area (Å²) in [5.41, 5.74) is 3.95. The van der Waals surface area contributed by atoms with Crippen LogP contribution >= 0.6 is 0 Å². The van der Waals surface area contributed by atoms with Crippen molar-refractivity contribution in [2.24, 2.45) is 0 Å². The van der Waals surface area contributed by atoms with E-state index in [1.807, 2.05) is 42.5 Å². The summed E-state index contributed by atoms with van der Waals surface area (Å²) in [4.78, 5) is 20.0. The smallest absolute Gasteiger partial charge is 0.227 e. The topological polar surface area (TPSA) is 56.6 Å². The average molecular weight is 442 g/mol. The maximum Gasteiger partial charge on any atom is 0.227 e. The van der Waals surface area contributed by atoms with E-state index < -0.39 is 0 Å². The Hall–Kier alpha value is -3.80. The number of rotatable bonds is 6. The van der Waals surface area contributed by atoms with Crippen LogP contribution in [-0.4, -0.2) is 36.2 Å². The van der Waals surface area contributed by atoms with E-state index in [1.54, 1.807) is 19.1 Å². The Morgan fingerprint density at radius 2 is 1.73 bits per heavy atom. The van der Waals surface area contributed by atoms with E-state index in [1.165, 1.54) is 5.56 Å². The Labute approximate surface area is 193 Å². The van der Waals surface area contributed by atoms with Crippen LogP contribution in [0.1, 0.15) is 36.7 Å². The molecule has 33 heavy (non-hydrogen) atoms. The molecule has 2 heterocycles. The molecule has 1 fully saturated rings. The summed E-state index contributed by atoms with van der Waals surface area (Å²) >= 11 is 0. The van der Waals surface area contributed by atoms with E-state index in [4.69, 9.17) is 14.5 Å². The Balaban J connectivity index is 1.57. The Bertz CT molecular complexity index is 1300. The van der Waals surface area contributed by atoms with E-state index >= 15 is 0 Å². The number of amides is 1. The second kappa shape index (κ2) is 8.62. The third-order valence-corrected chi connectivity index (χ3v) is 6.46. The third kappa shape index (κ3) is 3.71. The summed E-state index contributed by atoms with van der Waals surface area (Å²) in [6.07, 6.45) is 0.394. The van der Waals surface area contributed by atoms with Crippen LogP contribution in [0.4, 0.5) is 5.69 Å². The SMILES string of the molecule is COc1ccc(OC)c(N2C[C@H](c3nc4ccccc4n3[C@H](C)c3ccccc3)CC2=O)c1. The number of methoxy groups -OCH3 is 2. The highest BCUT2D eigenvalue weighted by atomic mass is 16.5. The molecule has 1 saturated heterocycles. The molecule has 0 spiro atoms. The van der Waals surface area contributed by atoms with Gasteiger partial charge in [-0.25, -0.2) is 4.98 Å². The number of anilines is 1. The summed E-state index contributed by atoms with van der Waals surface area (Å²) in [6.45, 7) is 2.72. The zero-order valence-electron chi connectivity index (χ0n) is 19.1. The molecule has 1 aromatic heterocycles. The highest BCUT2D eigenvalue weighted by molar-refractivity contribution is 5.98. The predicted octanol–water partition coefficient (Wildman–Crippen LogP) is 5.18. The molecular weight excluding hydrogens is 414 g/mol. The van der Waals surface area contributed by atoms with Gasteiger partial charge in [0.2, 0.25) is 5.91 Å². The summed E-state index contributed by atoms with van der Waals surface area (Å²) in [7, 11) is 3.23. The minimum absolute atomic E-state index is 0.0352. The molecule has 3 aromatic carbocycles. The van der Waals surface area contributed by atoms with Gasteiger partial charge in [0.05, 0.1) is 37.0 Å². The largest absolute Gasteiger partial charge is 0.497 e. The molecule has 4 aromatic rings. The molecule has 5 rings (SSSR count). The molecule has 0 N–H and O–H groups in total. The van der Waals surface area contributed by atoms with Gasteiger partial charge in [0.1, 0.15) is 17.3 Å². The van der Waals surface area contributed by atoms with Crippen molar-refractivity contribution in [2.75, 3.05) is 25.7 Å². The summed E-state index contributed by atoms with van der Waals surface area (Å²) in [6, 6.07) is 24.2. The minimum atomic E-state index is -0.0352. The van der Waals surface area contributed by atoms with Crippen molar-refractivity contribution >= 4 is 22.6 Å². The fourth-order valence-electron chi connectivity index (χ4n) is 4.76. The van der Waals surface area contributed by atoms with Gasteiger partial charge in [-0.05, 0) is 36.8 Å². The van der Waals surface area contributed by atoms with Crippen LogP contribution in [0, 0.1) is 0 Å². The number of fused-ring (bicyclic) bond motifs is 1. The van der Waals surface area contributed by atoms with Crippen LogP contribution in [0.5, 0.6) is 11.5 Å². The van der Waals surface area contributed by atoms with Crippen molar-refractivity contribution in [2.45, 2.75) is 25.3 Å². The fourth-order valence-corrected chi connectivity index (χ4v) is 4.76. The van der Waals surface area contributed by atoms with Crippen molar-refractivity contribution in [3.63, 3.8) is 0 Å². The molecule has 0 aliphatic carbocycles. The summed E-state index contributed by atoms with van der Waals surface area (Å²) in [5, 5.41) is 0. The lowest BCUT2D eigenvalue weighted by Crippen LogP contribution is -2.25. The molecule has 168 valence electrons. The molecular formula is C27H27N3O3. The molecule has 6 nitrogen and oxygen atoms in total. The number of para-hydroxylation sites is 2. The normalized spacial score (nSPS) is 16.9. The second-order valence-electron chi connectivity index (χ2n) is 8.36. The van der Waals surface area contributed by atoms with Crippen LogP contribution in [0.25, 0.3) is 11.0 Å². The number of hydrogen-bond acceptors (Lipinski definition) is 4. The van der Waals surface area contributed by atoms with Gasteiger partial charge in [0, 0.05) is 24.9 Å². The average Bonchev–Trinajstić information content (AvgIpc) is 3.44. The van der Waals surface area contributed by atoms with E-state index in [-0.39, 0.29) is 17.9 Å². The first-order valence-corrected chi connectivity index (χ1v) is 11.1. The quantitative estimate of drug-likeness (QED) is 0.414. The number of imidazole rings is 1. The van der Waals surface area contributed by atoms with Gasteiger partial charge in [-0.15, -0.1) is 0 Å². The molecule has 0 saturated carbocycles. The van der Waals surface area contributed by atoms with Crippen LogP contribution in [0.3, 0.4) is 0 Å². The number of benzene rings is 3. The Morgan fingerprint density at radius 3 is 2.48 bits per heavy atom. The number of nitrogens with zero attached hydrogens (tertiary/aromatic N) is 3. The first-order chi connectivity index (χ1) is 16.1. The molecule has 1 amide bonds. The second-order valence-corrected chi connectivity index (χ2v) is 8.36. The van der Waals surface area contributed by atoms with E-state index in [2.05, 4.69) is 41.8 Å². The first kappa shape index (κ1) is 21.1. The molecule has 2 atom stereocenters. The van der Waals surface area contributed by atoms with Crippen molar-refractivity contribution < 1.29 is 14.3 Å². The monoisotopic (exact) mass is 441 g/mol. The highest BCUT2D eigenvalue weighted by Gasteiger charge is 2.37. The third-order valence-electron chi connectivity index (χ3n) is 6.46.